The number of carbonyl (C=O) groups is 11. The Balaban J connectivity index is 5.45. The molecule has 0 heterocycles. The van der Waals surface area contributed by atoms with Crippen molar-refractivity contribution in [2.75, 3.05) is 45.9 Å². The molecule has 22 nitrogen and oxygen atoms in total. The van der Waals surface area contributed by atoms with Crippen LogP contribution in [0.1, 0.15) is 206 Å². The molecular weight excluding hydrogens is 967 g/mol. The molecule has 0 aliphatic rings. The molecule has 74 heavy (non-hydrogen) atoms. The smallest absolute Gasteiger partial charge is 0.326 e. The summed E-state index contributed by atoms with van der Waals surface area (Å²) in [5.74, 6) is -11.2. The van der Waals surface area contributed by atoms with Gasteiger partial charge in [-0.3, -0.25) is 43.2 Å². The molecule has 0 unspecified atom stereocenters. The predicted octanol–water partition coefficient (Wildman–Crippen LogP) is 5.90. The van der Waals surface area contributed by atoms with Gasteiger partial charge in [-0.15, -0.1) is 0 Å². The quantitative estimate of drug-likeness (QED) is 0.0275. The van der Waals surface area contributed by atoms with Gasteiger partial charge in [0.25, 0.3) is 0 Å². The molecule has 7 N–H and O–H groups in total. The van der Waals surface area contributed by atoms with E-state index in [-0.39, 0.29) is 45.6 Å². The maximum atomic E-state index is 13.4. The summed E-state index contributed by atoms with van der Waals surface area (Å²) < 4.78 is 10.8. The number of nitrogens with one attached hydrogen (secondary N) is 3. The lowest BCUT2D eigenvalue weighted by molar-refractivity contribution is -0.148. The lowest BCUT2D eigenvalue weighted by Crippen LogP contribution is -2.46. The zero-order valence-electron chi connectivity index (χ0n) is 44.3. The zero-order valence-corrected chi connectivity index (χ0v) is 44.3. The van der Waals surface area contributed by atoms with Crippen LogP contribution in [0.3, 0.4) is 0 Å². The number of rotatable bonds is 49. The van der Waals surface area contributed by atoms with Crippen molar-refractivity contribution in [3.05, 3.63) is 0 Å². The Hall–Kier alpha value is -5.83. The molecule has 22 heteroatoms. The van der Waals surface area contributed by atoms with Crippen LogP contribution in [-0.4, -0.2) is 154 Å². The van der Waals surface area contributed by atoms with Gasteiger partial charge in [0.2, 0.25) is 29.5 Å². The fraction of sp³-hybridized carbons (Fsp3) is 0.788. The van der Waals surface area contributed by atoms with Gasteiger partial charge in [0, 0.05) is 51.6 Å². The molecule has 0 aliphatic heterocycles. The van der Waals surface area contributed by atoms with Crippen molar-refractivity contribution in [2.24, 2.45) is 0 Å². The minimum atomic E-state index is -1.80. The van der Waals surface area contributed by atoms with Crippen LogP contribution in [0.5, 0.6) is 0 Å². The number of aliphatic carboxylic acids is 4. The van der Waals surface area contributed by atoms with Gasteiger partial charge in [0.05, 0.1) is 32.5 Å². The van der Waals surface area contributed by atoms with E-state index in [0.717, 1.165) is 43.4 Å². The highest BCUT2D eigenvalue weighted by Gasteiger charge is 2.26. The van der Waals surface area contributed by atoms with Crippen LogP contribution in [0.4, 0.5) is 0 Å². The molecule has 0 spiro atoms. The number of hydrogen-bond acceptors (Lipinski definition) is 13. The Kier molecular flexibility index (Phi) is 41.1. The van der Waals surface area contributed by atoms with Crippen LogP contribution in [0.15, 0.2) is 0 Å². The van der Waals surface area contributed by atoms with Gasteiger partial charge in [-0.05, 0) is 12.8 Å². The van der Waals surface area contributed by atoms with E-state index in [0.29, 0.717) is 12.8 Å². The first-order valence-electron chi connectivity index (χ1n) is 27.0. The van der Waals surface area contributed by atoms with Crippen LogP contribution in [-0.2, 0) is 62.2 Å². The summed E-state index contributed by atoms with van der Waals surface area (Å²) in [6.07, 6.45) is 21.5. The van der Waals surface area contributed by atoms with Crippen molar-refractivity contribution >= 4 is 65.4 Å². The first-order chi connectivity index (χ1) is 35.4. The monoisotopic (exact) mass is 1060 g/mol. The molecular formula is C52H89N5O17. The minimum Gasteiger partial charge on any atom is -0.481 e. The fourth-order valence-corrected chi connectivity index (χ4v) is 7.78. The molecule has 0 rings (SSSR count). The molecule has 0 aromatic rings. The highest BCUT2D eigenvalue weighted by atomic mass is 16.5. The van der Waals surface area contributed by atoms with Crippen molar-refractivity contribution in [3.8, 4) is 0 Å². The van der Waals surface area contributed by atoms with Crippen LogP contribution >= 0.6 is 0 Å². The third-order valence-electron chi connectivity index (χ3n) is 12.2. The standard InChI is InChI=1S/C52H89N5O17/c1-3-5-7-9-11-13-15-17-19-21-23-25-49(67)73-35-33-57(34-36-74-50(68)26-24-22-20-18-16-14-12-10-8-6-4-2)45(61)28-27-42(58)53-39-46(62)56(31-29-43(59)54-40(51(69)70)37-47(63)64)32-30-44(60)55-41(52(71)72)38-48(65)66/h40-41H,3-39H2,1-2H3,(H,53,58)(H,54,59)(H,55,60)(H,63,64)(H,65,66)(H,69,70)(H,71,72)/t40-,41-/m0/s1. The average Bonchev–Trinajstić information content (AvgIpc) is 3.34. The van der Waals surface area contributed by atoms with Gasteiger partial charge in [0.15, 0.2) is 0 Å². The zero-order chi connectivity index (χ0) is 55.4. The Bertz CT molecular complexity index is 1600. The van der Waals surface area contributed by atoms with E-state index >= 15 is 0 Å². The number of unbranched alkanes of at least 4 members (excludes halogenated alkanes) is 20. The number of ether oxygens (including phenoxy) is 2. The topological polar surface area (TPSA) is 330 Å². The van der Waals surface area contributed by atoms with Crippen LogP contribution in [0.2, 0.25) is 0 Å². The van der Waals surface area contributed by atoms with Crippen LogP contribution in [0, 0.1) is 0 Å². The highest BCUT2D eigenvalue weighted by molar-refractivity contribution is 5.90. The molecule has 424 valence electrons. The Morgan fingerprint density at radius 2 is 0.730 bits per heavy atom. The van der Waals surface area contributed by atoms with Crippen molar-refractivity contribution in [2.45, 2.75) is 219 Å². The van der Waals surface area contributed by atoms with Gasteiger partial charge >= 0.3 is 35.8 Å². The molecule has 0 aromatic carbocycles. The van der Waals surface area contributed by atoms with E-state index in [1.165, 1.54) is 94.8 Å². The molecule has 0 saturated heterocycles. The Morgan fingerprint density at radius 1 is 0.392 bits per heavy atom. The summed E-state index contributed by atoms with van der Waals surface area (Å²) in [4.78, 5) is 137. The predicted molar refractivity (Wildman–Crippen MR) is 272 cm³/mol. The molecule has 0 aromatic heterocycles. The van der Waals surface area contributed by atoms with Crippen molar-refractivity contribution in [1.82, 2.24) is 25.8 Å². The molecule has 0 bridgehead atoms. The summed E-state index contributed by atoms with van der Waals surface area (Å²) in [6.45, 7) is 2.39. The van der Waals surface area contributed by atoms with Crippen LogP contribution < -0.4 is 16.0 Å². The maximum absolute atomic E-state index is 13.4. The SMILES string of the molecule is CCCCCCCCCCCCCC(=O)OCCN(CCOC(=O)CCCCCCCCCCCCC)C(=O)CCC(=O)NCC(=O)N(CCC(=O)N[C@@H](CC(=O)O)C(=O)O)CCC(=O)N[C@@H](CC(=O)O)C(=O)O. The third kappa shape index (κ3) is 39.7. The largest absolute Gasteiger partial charge is 0.481 e. The van der Waals surface area contributed by atoms with Crippen LogP contribution in [0.25, 0.3) is 0 Å². The van der Waals surface area contributed by atoms with E-state index in [1.807, 2.05) is 10.6 Å². The third-order valence-corrected chi connectivity index (χ3v) is 12.2. The molecule has 2 atom stereocenters. The number of carboxylic acids is 4. The summed E-state index contributed by atoms with van der Waals surface area (Å²) in [5.41, 5.74) is 0. The van der Waals surface area contributed by atoms with Crippen molar-refractivity contribution in [3.63, 3.8) is 0 Å². The van der Waals surface area contributed by atoms with E-state index < -0.39 is 129 Å². The molecule has 0 saturated carbocycles. The van der Waals surface area contributed by atoms with Crippen molar-refractivity contribution in [1.29, 1.82) is 0 Å². The van der Waals surface area contributed by atoms with E-state index in [1.54, 1.807) is 0 Å². The maximum Gasteiger partial charge on any atom is 0.326 e. The normalized spacial score (nSPS) is 11.6. The fourth-order valence-electron chi connectivity index (χ4n) is 7.78. The summed E-state index contributed by atoms with van der Waals surface area (Å²) in [6, 6.07) is -3.60. The highest BCUT2D eigenvalue weighted by Crippen LogP contribution is 2.14. The molecule has 0 radical (unpaired) electrons. The number of nitrogens with zero attached hydrogens (tertiary/aromatic N) is 2. The second kappa shape index (κ2) is 44.6. The van der Waals surface area contributed by atoms with Gasteiger partial charge in [-0.25, -0.2) is 9.59 Å². The Morgan fingerprint density at radius 3 is 1.07 bits per heavy atom. The second-order valence-corrected chi connectivity index (χ2v) is 18.7. The number of carbonyl (C=O) groups excluding carboxylic acids is 7. The number of carboxylic acid groups (broad SMARTS) is 4. The van der Waals surface area contributed by atoms with Gasteiger partial charge in [0.1, 0.15) is 25.3 Å². The van der Waals surface area contributed by atoms with E-state index in [9.17, 15) is 63.0 Å². The Labute approximate surface area is 437 Å². The first kappa shape index (κ1) is 68.2. The second-order valence-electron chi connectivity index (χ2n) is 18.7. The average molecular weight is 1060 g/mol. The van der Waals surface area contributed by atoms with Gasteiger partial charge in [-0.2, -0.15) is 0 Å². The minimum absolute atomic E-state index is 0.0394. The number of hydrogen-bond donors (Lipinski definition) is 7. The summed E-state index contributed by atoms with van der Waals surface area (Å²) >= 11 is 0. The van der Waals surface area contributed by atoms with E-state index in [4.69, 9.17) is 19.7 Å². The molecule has 0 aliphatic carbocycles. The summed E-state index contributed by atoms with van der Waals surface area (Å²) in [7, 11) is 0. The lowest BCUT2D eigenvalue weighted by Gasteiger charge is -2.24. The van der Waals surface area contributed by atoms with Gasteiger partial charge in [-0.1, -0.05) is 142 Å². The molecule has 0 fully saturated rings. The summed E-state index contributed by atoms with van der Waals surface area (Å²) in [5, 5.41) is 42.9. The number of amides is 5. The van der Waals surface area contributed by atoms with E-state index in [2.05, 4.69) is 19.2 Å². The van der Waals surface area contributed by atoms with Gasteiger partial charge < -0.3 is 55.7 Å². The first-order valence-corrected chi connectivity index (χ1v) is 27.0. The number of esters is 2. The van der Waals surface area contributed by atoms with Crippen molar-refractivity contribution < 1.29 is 82.6 Å². The lowest BCUT2D eigenvalue weighted by atomic mass is 10.1. The molecule has 5 amide bonds.